The molecule has 0 aliphatic rings. The van der Waals surface area contributed by atoms with E-state index in [9.17, 15) is 5.11 Å². The number of methoxy groups -OCH3 is 1. The third-order valence-electron chi connectivity index (χ3n) is 3.07. The molecule has 2 aromatic rings. The van der Waals surface area contributed by atoms with Crippen LogP contribution in [0.3, 0.4) is 0 Å². The van der Waals surface area contributed by atoms with E-state index in [4.69, 9.17) is 9.47 Å². The van der Waals surface area contributed by atoms with Crippen LogP contribution in [-0.4, -0.2) is 31.5 Å². The van der Waals surface area contributed by atoms with Crippen molar-refractivity contribution in [3.05, 3.63) is 46.2 Å². The van der Waals surface area contributed by atoms with Crippen molar-refractivity contribution in [2.75, 3.05) is 25.6 Å². The lowest BCUT2D eigenvalue weighted by molar-refractivity contribution is 0.0359. The Bertz CT molecular complexity index is 542. The average molecular weight is 307 g/mol. The maximum atomic E-state index is 9.90. The highest BCUT2D eigenvalue weighted by Crippen LogP contribution is 2.21. The SMILES string of the molecule is COc1ccc(NCC(O)COCc2cccs2)cc1C. The van der Waals surface area contributed by atoms with E-state index >= 15 is 0 Å². The number of hydrogen-bond acceptors (Lipinski definition) is 5. The van der Waals surface area contributed by atoms with Crippen molar-refractivity contribution >= 4 is 17.0 Å². The number of anilines is 1. The van der Waals surface area contributed by atoms with Gasteiger partial charge < -0.3 is 19.9 Å². The van der Waals surface area contributed by atoms with E-state index in [1.807, 2.05) is 42.6 Å². The molecule has 0 aliphatic heterocycles. The van der Waals surface area contributed by atoms with Crippen molar-refractivity contribution in [2.45, 2.75) is 19.6 Å². The lowest BCUT2D eigenvalue weighted by Gasteiger charge is -2.14. The van der Waals surface area contributed by atoms with Gasteiger partial charge >= 0.3 is 0 Å². The van der Waals surface area contributed by atoms with Gasteiger partial charge in [-0.15, -0.1) is 11.3 Å². The third-order valence-corrected chi connectivity index (χ3v) is 3.92. The molecule has 1 heterocycles. The van der Waals surface area contributed by atoms with Crippen LogP contribution in [0.1, 0.15) is 10.4 Å². The summed E-state index contributed by atoms with van der Waals surface area (Å²) in [6, 6.07) is 9.86. The molecule has 2 N–H and O–H groups in total. The lowest BCUT2D eigenvalue weighted by Crippen LogP contribution is -2.24. The van der Waals surface area contributed by atoms with Crippen molar-refractivity contribution in [3.63, 3.8) is 0 Å². The highest BCUT2D eigenvalue weighted by molar-refractivity contribution is 7.09. The number of aryl methyl sites for hydroxylation is 1. The Labute approximate surface area is 129 Å². The van der Waals surface area contributed by atoms with Gasteiger partial charge in [0.1, 0.15) is 5.75 Å². The first kappa shape index (κ1) is 15.8. The van der Waals surface area contributed by atoms with Crippen LogP contribution < -0.4 is 10.1 Å². The van der Waals surface area contributed by atoms with Crippen molar-refractivity contribution in [2.24, 2.45) is 0 Å². The molecule has 0 fully saturated rings. The number of hydrogen-bond donors (Lipinski definition) is 2. The summed E-state index contributed by atoms with van der Waals surface area (Å²) in [7, 11) is 1.66. The molecule has 114 valence electrons. The van der Waals surface area contributed by atoms with Gasteiger partial charge in [0, 0.05) is 17.1 Å². The lowest BCUT2D eigenvalue weighted by atomic mass is 10.2. The van der Waals surface area contributed by atoms with Gasteiger partial charge in [0.2, 0.25) is 0 Å². The highest BCUT2D eigenvalue weighted by Gasteiger charge is 2.06. The van der Waals surface area contributed by atoms with Crippen molar-refractivity contribution in [1.29, 1.82) is 0 Å². The molecular weight excluding hydrogens is 286 g/mol. The van der Waals surface area contributed by atoms with Crippen LogP contribution >= 0.6 is 11.3 Å². The highest BCUT2D eigenvalue weighted by atomic mass is 32.1. The summed E-state index contributed by atoms with van der Waals surface area (Å²) in [6.45, 7) is 3.32. The number of aliphatic hydroxyl groups is 1. The quantitative estimate of drug-likeness (QED) is 0.787. The first-order valence-electron chi connectivity index (χ1n) is 6.85. The summed E-state index contributed by atoms with van der Waals surface area (Å²) in [5.41, 5.74) is 2.02. The first-order chi connectivity index (χ1) is 10.2. The molecule has 0 saturated carbocycles. The Morgan fingerprint density at radius 3 is 2.86 bits per heavy atom. The van der Waals surface area contributed by atoms with E-state index in [-0.39, 0.29) is 0 Å². The summed E-state index contributed by atoms with van der Waals surface area (Å²) in [6.07, 6.45) is -0.535. The van der Waals surface area contributed by atoms with E-state index in [2.05, 4.69) is 5.32 Å². The summed E-state index contributed by atoms with van der Waals surface area (Å²) in [5, 5.41) is 15.1. The van der Waals surface area contributed by atoms with Crippen LogP contribution in [-0.2, 0) is 11.3 Å². The summed E-state index contributed by atoms with van der Waals surface area (Å²) in [4.78, 5) is 1.17. The second kappa shape index (κ2) is 8.02. The van der Waals surface area contributed by atoms with Gasteiger partial charge in [0.15, 0.2) is 0 Å². The van der Waals surface area contributed by atoms with Crippen molar-refractivity contribution < 1.29 is 14.6 Å². The molecule has 2 rings (SSSR count). The van der Waals surface area contributed by atoms with Gasteiger partial charge in [0.05, 0.1) is 26.4 Å². The van der Waals surface area contributed by atoms with E-state index < -0.39 is 6.10 Å². The van der Waals surface area contributed by atoms with E-state index in [0.29, 0.717) is 19.8 Å². The molecule has 1 atom stereocenters. The number of rotatable bonds is 8. The standard InChI is InChI=1S/C16H21NO3S/c1-12-8-13(5-6-16(12)19-2)17-9-14(18)10-20-11-15-4-3-7-21-15/h3-8,14,17-18H,9-11H2,1-2H3. The van der Waals surface area contributed by atoms with Gasteiger partial charge in [0.25, 0.3) is 0 Å². The zero-order valence-corrected chi connectivity index (χ0v) is 13.2. The zero-order chi connectivity index (χ0) is 15.1. The van der Waals surface area contributed by atoms with E-state index in [1.165, 1.54) is 4.88 Å². The molecule has 0 saturated heterocycles. The van der Waals surface area contributed by atoms with Crippen LogP contribution in [0.4, 0.5) is 5.69 Å². The minimum Gasteiger partial charge on any atom is -0.496 e. The zero-order valence-electron chi connectivity index (χ0n) is 12.3. The largest absolute Gasteiger partial charge is 0.496 e. The first-order valence-corrected chi connectivity index (χ1v) is 7.73. The van der Waals surface area contributed by atoms with Crippen LogP contribution in [0.25, 0.3) is 0 Å². The second-order valence-corrected chi connectivity index (χ2v) is 5.85. The predicted molar refractivity (Wildman–Crippen MR) is 86.2 cm³/mol. The second-order valence-electron chi connectivity index (χ2n) is 4.81. The Hall–Kier alpha value is -1.56. The number of nitrogens with one attached hydrogen (secondary N) is 1. The number of thiophene rings is 1. The Balaban J connectivity index is 1.70. The summed E-state index contributed by atoms with van der Waals surface area (Å²) < 4.78 is 10.7. The van der Waals surface area contributed by atoms with Crippen LogP contribution in [0, 0.1) is 6.92 Å². The fourth-order valence-corrected chi connectivity index (χ4v) is 2.61. The third kappa shape index (κ3) is 5.04. The maximum absolute atomic E-state index is 9.90. The van der Waals surface area contributed by atoms with Crippen LogP contribution in [0.15, 0.2) is 35.7 Å². The molecule has 0 bridgehead atoms. The molecule has 0 spiro atoms. The number of aliphatic hydroxyl groups excluding tert-OH is 1. The molecule has 21 heavy (non-hydrogen) atoms. The Morgan fingerprint density at radius 2 is 2.19 bits per heavy atom. The number of benzene rings is 1. The maximum Gasteiger partial charge on any atom is 0.121 e. The fraction of sp³-hybridized carbons (Fsp3) is 0.375. The fourth-order valence-electron chi connectivity index (χ4n) is 1.97. The minimum absolute atomic E-state index is 0.319. The summed E-state index contributed by atoms with van der Waals surface area (Å²) in [5.74, 6) is 0.861. The molecule has 4 nitrogen and oxygen atoms in total. The van der Waals surface area contributed by atoms with Gasteiger partial charge in [-0.3, -0.25) is 0 Å². The molecule has 0 amide bonds. The monoisotopic (exact) mass is 307 g/mol. The molecule has 5 heteroatoms. The number of ether oxygens (including phenoxy) is 2. The van der Waals surface area contributed by atoms with Crippen LogP contribution in [0.5, 0.6) is 5.75 Å². The van der Waals surface area contributed by atoms with E-state index in [1.54, 1.807) is 18.4 Å². The van der Waals surface area contributed by atoms with Gasteiger partial charge in [-0.05, 0) is 42.1 Å². The van der Waals surface area contributed by atoms with E-state index in [0.717, 1.165) is 17.0 Å². The molecule has 1 aromatic carbocycles. The molecule has 1 unspecified atom stereocenters. The predicted octanol–water partition coefficient (Wildman–Crippen LogP) is 3.05. The van der Waals surface area contributed by atoms with Gasteiger partial charge in [-0.2, -0.15) is 0 Å². The van der Waals surface area contributed by atoms with Crippen molar-refractivity contribution in [1.82, 2.24) is 0 Å². The van der Waals surface area contributed by atoms with Gasteiger partial charge in [-0.25, -0.2) is 0 Å². The molecule has 0 aliphatic carbocycles. The van der Waals surface area contributed by atoms with Crippen LogP contribution in [0.2, 0.25) is 0 Å². The van der Waals surface area contributed by atoms with Gasteiger partial charge in [-0.1, -0.05) is 6.07 Å². The molecular formula is C16H21NO3S. The normalized spacial score (nSPS) is 12.1. The topological polar surface area (TPSA) is 50.7 Å². The minimum atomic E-state index is -0.535. The Kier molecular flexibility index (Phi) is 6.04. The smallest absolute Gasteiger partial charge is 0.121 e. The molecule has 1 aromatic heterocycles. The van der Waals surface area contributed by atoms with Crippen molar-refractivity contribution in [3.8, 4) is 5.75 Å². The molecule has 0 radical (unpaired) electrons. The summed E-state index contributed by atoms with van der Waals surface area (Å²) >= 11 is 1.66. The average Bonchev–Trinajstić information content (AvgIpc) is 2.98. The Morgan fingerprint density at radius 1 is 1.33 bits per heavy atom.